The number of hydrazone groups is 1. The minimum Gasteiger partial charge on any atom is -0.272 e. The Kier molecular flexibility index (Phi) is 9.23. The molecule has 0 saturated carbocycles. The van der Waals surface area contributed by atoms with Gasteiger partial charge in [-0.15, -0.1) is 10.2 Å². The molecule has 12 heteroatoms. The highest BCUT2D eigenvalue weighted by Crippen LogP contribution is 2.30. The molecule has 1 amide bonds. The van der Waals surface area contributed by atoms with E-state index in [9.17, 15) is 14.9 Å². The van der Waals surface area contributed by atoms with E-state index in [1.54, 1.807) is 36.0 Å². The molecule has 0 aliphatic rings. The molecule has 3 aromatic rings. The van der Waals surface area contributed by atoms with E-state index in [-0.39, 0.29) is 17.3 Å². The first-order valence-electron chi connectivity index (χ1n) is 9.07. The van der Waals surface area contributed by atoms with Gasteiger partial charge in [0.1, 0.15) is 0 Å². The molecule has 0 fully saturated rings. The first kappa shape index (κ1) is 23.9. The Labute approximate surface area is 201 Å². The summed E-state index contributed by atoms with van der Waals surface area (Å²) in [4.78, 5) is 22.4. The van der Waals surface area contributed by atoms with Crippen LogP contribution in [0.5, 0.6) is 0 Å². The van der Waals surface area contributed by atoms with Gasteiger partial charge in [-0.05, 0) is 35.9 Å². The lowest BCUT2D eigenvalue weighted by molar-refractivity contribution is -0.385. The molecule has 0 aliphatic heterocycles. The summed E-state index contributed by atoms with van der Waals surface area (Å²) in [7, 11) is 0. The van der Waals surface area contributed by atoms with Gasteiger partial charge in [-0.25, -0.2) is 5.43 Å². The lowest BCUT2D eigenvalue weighted by atomic mass is 10.2. The molecule has 0 bridgehead atoms. The van der Waals surface area contributed by atoms with Crippen molar-refractivity contribution in [2.75, 3.05) is 5.75 Å². The van der Waals surface area contributed by atoms with Gasteiger partial charge in [-0.2, -0.15) is 5.10 Å². The average Bonchev–Trinajstić information content (AvgIpc) is 3.25. The van der Waals surface area contributed by atoms with Crippen LogP contribution in [0.4, 0.5) is 5.69 Å². The van der Waals surface area contributed by atoms with E-state index in [0.29, 0.717) is 14.9 Å². The smallest absolute Gasteiger partial charge is 0.272 e. The maximum atomic E-state index is 11.9. The molecule has 0 saturated heterocycles. The molecule has 3 rings (SSSR count). The zero-order valence-electron chi connectivity index (χ0n) is 16.4. The number of benzene rings is 2. The minimum atomic E-state index is -0.453. The van der Waals surface area contributed by atoms with Gasteiger partial charge in [0, 0.05) is 23.1 Å². The van der Waals surface area contributed by atoms with Gasteiger partial charge < -0.3 is 0 Å². The highest BCUT2D eigenvalue weighted by atomic mass is 35.5. The topological polar surface area (TPSA) is 110 Å². The lowest BCUT2D eigenvalue weighted by Crippen LogP contribution is -2.19. The molecule has 0 unspecified atom stereocenters. The Hall–Kier alpha value is -2.73. The van der Waals surface area contributed by atoms with Crippen LogP contribution in [0.25, 0.3) is 6.08 Å². The number of nitro benzene ring substituents is 1. The van der Waals surface area contributed by atoms with Crippen molar-refractivity contribution in [1.82, 2.24) is 15.6 Å². The fraction of sp³-hybridized carbons (Fsp3) is 0.100. The van der Waals surface area contributed by atoms with Crippen molar-refractivity contribution in [2.24, 2.45) is 5.10 Å². The summed E-state index contributed by atoms with van der Waals surface area (Å²) >= 11 is 10.2. The molecule has 1 N–H and O–H groups in total. The van der Waals surface area contributed by atoms with Crippen molar-refractivity contribution >= 4 is 70.3 Å². The molecular weight excluding hydrogens is 490 g/mol. The number of thioether (sulfide) groups is 2. The normalized spacial score (nSPS) is 11.3. The highest BCUT2D eigenvalue weighted by Gasteiger charge is 2.10. The lowest BCUT2D eigenvalue weighted by Gasteiger charge is -1.98. The van der Waals surface area contributed by atoms with Crippen LogP contribution in [-0.2, 0) is 10.5 Å². The fourth-order valence-corrected chi connectivity index (χ4v) is 5.19. The maximum absolute atomic E-state index is 11.9. The molecule has 164 valence electrons. The van der Waals surface area contributed by atoms with Crippen LogP contribution in [0, 0.1) is 10.1 Å². The first-order chi connectivity index (χ1) is 15.5. The predicted octanol–water partition coefficient (Wildman–Crippen LogP) is 5.30. The Bertz CT molecular complexity index is 1140. The van der Waals surface area contributed by atoms with Crippen LogP contribution in [0.2, 0.25) is 5.02 Å². The number of carbonyl (C=O) groups is 1. The molecule has 1 heterocycles. The van der Waals surface area contributed by atoms with Gasteiger partial charge in [0.2, 0.25) is 0 Å². The predicted molar refractivity (Wildman–Crippen MR) is 130 cm³/mol. The molecule has 1 aromatic heterocycles. The number of hydrogen-bond acceptors (Lipinski definition) is 9. The monoisotopic (exact) mass is 505 g/mol. The maximum Gasteiger partial charge on any atom is 0.276 e. The van der Waals surface area contributed by atoms with Crippen LogP contribution in [-0.4, -0.2) is 33.0 Å². The van der Waals surface area contributed by atoms with Crippen LogP contribution in [0.15, 0.2) is 68.4 Å². The van der Waals surface area contributed by atoms with Crippen LogP contribution in [0.1, 0.15) is 11.1 Å². The number of aromatic nitrogens is 2. The molecule has 0 atom stereocenters. The summed E-state index contributed by atoms with van der Waals surface area (Å²) in [6.07, 6.45) is 4.42. The van der Waals surface area contributed by atoms with Crippen LogP contribution >= 0.6 is 46.5 Å². The number of hydrogen-bond donors (Lipinski definition) is 1. The van der Waals surface area contributed by atoms with Gasteiger partial charge in [-0.1, -0.05) is 70.7 Å². The standard InChI is InChI=1S/C20H16ClN5O3S3/c21-16-9-7-14(8-10-16)12-30-19-24-25-20(32-19)31-13-18(27)23-22-11-3-5-15-4-1-2-6-17(15)26(28)29/h1-11H,12-13H2,(H,23,27)/b5-3-,22-11-. The quantitative estimate of drug-likeness (QED) is 0.172. The number of carbonyl (C=O) groups excluding carboxylic acids is 1. The van der Waals surface area contributed by atoms with E-state index in [2.05, 4.69) is 20.7 Å². The number of para-hydroxylation sites is 1. The number of nitrogens with zero attached hydrogens (tertiary/aromatic N) is 4. The molecule has 32 heavy (non-hydrogen) atoms. The van der Waals surface area contributed by atoms with E-state index in [0.717, 1.165) is 15.7 Å². The van der Waals surface area contributed by atoms with Crippen molar-refractivity contribution in [3.63, 3.8) is 0 Å². The highest BCUT2D eigenvalue weighted by molar-refractivity contribution is 8.03. The summed E-state index contributed by atoms with van der Waals surface area (Å²) in [6, 6.07) is 14.0. The van der Waals surface area contributed by atoms with Crippen molar-refractivity contribution in [3.8, 4) is 0 Å². The zero-order chi connectivity index (χ0) is 22.8. The third-order valence-electron chi connectivity index (χ3n) is 3.75. The van der Waals surface area contributed by atoms with Gasteiger partial charge in [0.25, 0.3) is 11.6 Å². The van der Waals surface area contributed by atoms with E-state index in [4.69, 9.17) is 11.6 Å². The van der Waals surface area contributed by atoms with E-state index in [1.807, 2.05) is 24.3 Å². The summed E-state index contributed by atoms with van der Waals surface area (Å²) in [5.74, 6) is 0.600. The summed E-state index contributed by atoms with van der Waals surface area (Å²) in [6.45, 7) is 0. The number of rotatable bonds is 10. The second-order valence-electron chi connectivity index (χ2n) is 6.03. The average molecular weight is 506 g/mol. The number of nitro groups is 1. The van der Waals surface area contributed by atoms with Gasteiger partial charge in [-0.3, -0.25) is 14.9 Å². The third-order valence-corrected chi connectivity index (χ3v) is 7.26. The van der Waals surface area contributed by atoms with Gasteiger partial charge in [0.15, 0.2) is 8.68 Å². The second kappa shape index (κ2) is 12.3. The van der Waals surface area contributed by atoms with Gasteiger partial charge >= 0.3 is 0 Å². The molecule has 0 aliphatic carbocycles. The van der Waals surface area contributed by atoms with Crippen molar-refractivity contribution in [3.05, 3.63) is 80.9 Å². The molecular formula is C20H16ClN5O3S3. The number of allylic oxidation sites excluding steroid dienone is 1. The zero-order valence-corrected chi connectivity index (χ0v) is 19.6. The van der Waals surface area contributed by atoms with Crippen molar-refractivity contribution in [1.29, 1.82) is 0 Å². The van der Waals surface area contributed by atoms with Crippen molar-refractivity contribution < 1.29 is 9.72 Å². The fourth-order valence-electron chi connectivity index (χ4n) is 2.29. The molecule has 8 nitrogen and oxygen atoms in total. The number of halogens is 1. The SMILES string of the molecule is O=C(CSc1nnc(SCc2ccc(Cl)cc2)s1)N/N=C\C=C/c1ccccc1[N+](=O)[O-]. The summed E-state index contributed by atoms with van der Waals surface area (Å²) in [5, 5.41) is 23.7. The van der Waals surface area contributed by atoms with Gasteiger partial charge in [0.05, 0.1) is 16.2 Å². The Balaban J connectivity index is 1.39. The van der Waals surface area contributed by atoms with E-state index in [1.165, 1.54) is 41.5 Å². The van der Waals surface area contributed by atoms with Crippen molar-refractivity contribution in [2.45, 2.75) is 14.4 Å². The Morgan fingerprint density at radius 3 is 2.62 bits per heavy atom. The summed E-state index contributed by atoms with van der Waals surface area (Å²) in [5.41, 5.74) is 3.99. The first-order valence-corrected chi connectivity index (χ1v) is 12.2. The molecule has 0 spiro atoms. The van der Waals surface area contributed by atoms with Crippen LogP contribution < -0.4 is 5.43 Å². The summed E-state index contributed by atoms with van der Waals surface area (Å²) < 4.78 is 1.51. The molecule has 2 aromatic carbocycles. The Morgan fingerprint density at radius 2 is 1.88 bits per heavy atom. The Morgan fingerprint density at radius 1 is 1.16 bits per heavy atom. The molecule has 0 radical (unpaired) electrons. The number of nitrogens with one attached hydrogen (secondary N) is 1. The van der Waals surface area contributed by atoms with E-state index >= 15 is 0 Å². The number of amides is 1. The second-order valence-corrected chi connectivity index (χ2v) is 9.88. The third kappa shape index (κ3) is 7.75. The minimum absolute atomic E-state index is 0.000316. The largest absolute Gasteiger partial charge is 0.276 e. The van der Waals surface area contributed by atoms with E-state index < -0.39 is 4.92 Å². The van der Waals surface area contributed by atoms with Crippen LogP contribution in [0.3, 0.4) is 0 Å².